The lowest BCUT2D eigenvalue weighted by atomic mass is 10.4. The monoisotopic (exact) mass is 258 g/mol. The summed E-state index contributed by atoms with van der Waals surface area (Å²) in [7, 11) is -3.00. The summed E-state index contributed by atoms with van der Waals surface area (Å²) >= 11 is 2.63. The van der Waals surface area contributed by atoms with Gasteiger partial charge in [0.15, 0.2) is 9.84 Å². The van der Waals surface area contributed by atoms with Crippen LogP contribution in [-0.4, -0.2) is 30.5 Å². The van der Waals surface area contributed by atoms with E-state index in [0.717, 1.165) is 0 Å². The van der Waals surface area contributed by atoms with E-state index in [1.807, 2.05) is 6.07 Å². The van der Waals surface area contributed by atoms with E-state index in [2.05, 4.69) is 12.9 Å². The fourth-order valence-electron chi connectivity index (χ4n) is 0.847. The second kappa shape index (κ2) is 4.60. The van der Waals surface area contributed by atoms with Crippen LogP contribution in [0.4, 0.5) is 0 Å². The van der Waals surface area contributed by atoms with Gasteiger partial charge < -0.3 is 12.9 Å². The third kappa shape index (κ3) is 2.72. The molecule has 1 rings (SSSR count). The topological polar surface area (TPSA) is 34.1 Å². The maximum absolute atomic E-state index is 11.4. The standard InChI is InChI=1S/C7H7O2S.BrH.Mg/c1-10(8,9)7-5-3-2-4-6-7;;/h2-6H,1H2;1H;/q;;+1/p-1. The quantitative estimate of drug-likeness (QED) is 0.770. The van der Waals surface area contributed by atoms with E-state index >= 15 is 0 Å². The number of benzene rings is 1. The molecule has 12 heavy (non-hydrogen) atoms. The predicted octanol–water partition coefficient (Wildman–Crippen LogP) is 1.43. The summed E-state index contributed by atoms with van der Waals surface area (Å²) in [6.07, 6.45) is 0. The number of hydrogen-bond acceptors (Lipinski definition) is 2. The van der Waals surface area contributed by atoms with Gasteiger partial charge >= 0.3 is 18.2 Å². The van der Waals surface area contributed by atoms with Gasteiger partial charge in [0.25, 0.3) is 0 Å². The zero-order valence-electron chi connectivity index (χ0n) is 6.40. The SMILES string of the molecule is O=S(=O)([CH2][Mg][Br])c1ccccc1. The van der Waals surface area contributed by atoms with Gasteiger partial charge in [-0.3, -0.25) is 0 Å². The summed E-state index contributed by atoms with van der Waals surface area (Å²) in [4.78, 5) is 0.428. The van der Waals surface area contributed by atoms with E-state index in [4.69, 9.17) is 0 Å². The molecule has 0 N–H and O–H groups in total. The molecule has 0 aliphatic heterocycles. The highest BCUT2D eigenvalue weighted by Gasteiger charge is 2.12. The third-order valence-electron chi connectivity index (χ3n) is 1.45. The lowest BCUT2D eigenvalue weighted by molar-refractivity contribution is 0.600. The Labute approximate surface area is 87.9 Å². The normalized spacial score (nSPS) is 10.8. The lowest BCUT2D eigenvalue weighted by Gasteiger charge is -1.99. The first-order chi connectivity index (χ1) is 5.67. The first-order valence-corrected chi connectivity index (χ1v) is 10.1. The van der Waals surface area contributed by atoms with Crippen LogP contribution in [0, 0.1) is 0 Å². The Balaban J connectivity index is 2.99. The Morgan fingerprint density at radius 2 is 1.83 bits per heavy atom. The van der Waals surface area contributed by atoms with E-state index in [-0.39, 0.29) is 3.88 Å². The Bertz CT molecular complexity index is 336. The van der Waals surface area contributed by atoms with E-state index in [9.17, 15) is 8.42 Å². The van der Waals surface area contributed by atoms with Crippen molar-refractivity contribution in [2.45, 2.75) is 4.90 Å². The Hall–Kier alpha value is 0.416. The van der Waals surface area contributed by atoms with E-state index in [1.54, 1.807) is 24.3 Å². The summed E-state index contributed by atoms with van der Waals surface area (Å²) in [6.45, 7) is 0. The predicted molar refractivity (Wildman–Crippen MR) is 53.2 cm³/mol. The second-order valence-corrected chi connectivity index (χ2v) is 8.41. The molecular weight excluding hydrogens is 252 g/mol. The van der Waals surface area contributed by atoms with Crippen LogP contribution in [0.5, 0.6) is 0 Å². The molecule has 0 aromatic heterocycles. The van der Waals surface area contributed by atoms with Crippen LogP contribution in [0.1, 0.15) is 0 Å². The number of hydrogen-bond donors (Lipinski definition) is 0. The number of halogens is 1. The van der Waals surface area contributed by atoms with Crippen LogP contribution >= 0.6 is 12.9 Å². The van der Waals surface area contributed by atoms with Gasteiger partial charge in [-0.1, -0.05) is 18.2 Å². The molecule has 0 radical (unpaired) electrons. The average Bonchev–Trinajstić information content (AvgIpc) is 2.06. The molecule has 5 heteroatoms. The summed E-state index contributed by atoms with van der Waals surface area (Å²) in [5.41, 5.74) is 0. The van der Waals surface area contributed by atoms with Crippen molar-refractivity contribution in [1.82, 2.24) is 0 Å². The van der Waals surface area contributed by atoms with Crippen molar-refractivity contribution >= 4 is 40.9 Å². The van der Waals surface area contributed by atoms with Crippen molar-refractivity contribution in [2.24, 2.45) is 0 Å². The zero-order valence-corrected chi connectivity index (χ0v) is 10.2. The molecule has 1 aromatic carbocycles. The van der Waals surface area contributed by atoms with Crippen LogP contribution in [-0.2, 0) is 9.84 Å². The van der Waals surface area contributed by atoms with Gasteiger partial charge in [0.2, 0.25) is 0 Å². The zero-order chi connectivity index (χ0) is 9.03. The molecule has 0 aliphatic carbocycles. The maximum Gasteiger partial charge on any atom is 0.488 e. The first-order valence-electron chi connectivity index (χ1n) is 3.50. The minimum Gasteiger partial charge on any atom is -0.305 e. The maximum atomic E-state index is 11.4. The minimum atomic E-state index is -3.00. The molecule has 0 saturated carbocycles. The van der Waals surface area contributed by atoms with Crippen molar-refractivity contribution in [3.05, 3.63) is 30.3 Å². The summed E-state index contributed by atoms with van der Waals surface area (Å²) in [5, 5.41) is 0. The van der Waals surface area contributed by atoms with Crippen molar-refractivity contribution in [2.75, 3.05) is 3.88 Å². The number of sulfone groups is 1. The van der Waals surface area contributed by atoms with E-state index in [1.165, 1.54) is 0 Å². The van der Waals surface area contributed by atoms with Crippen molar-refractivity contribution in [1.29, 1.82) is 0 Å². The Morgan fingerprint density at radius 1 is 1.25 bits per heavy atom. The molecule has 0 aliphatic rings. The molecule has 0 saturated heterocycles. The fraction of sp³-hybridized carbons (Fsp3) is 0.143. The van der Waals surface area contributed by atoms with Gasteiger partial charge in [0.05, 0.1) is 4.90 Å². The Morgan fingerprint density at radius 3 is 2.33 bits per heavy atom. The summed E-state index contributed by atoms with van der Waals surface area (Å²) in [6, 6.07) is 8.55. The molecule has 0 bridgehead atoms. The molecule has 0 fully saturated rings. The molecule has 2 nitrogen and oxygen atoms in total. The molecule has 0 amide bonds. The van der Waals surface area contributed by atoms with Gasteiger partial charge in [-0.15, -0.1) is 0 Å². The van der Waals surface area contributed by atoms with Gasteiger partial charge in [-0.05, 0) is 16.0 Å². The van der Waals surface area contributed by atoms with Crippen molar-refractivity contribution in [3.8, 4) is 0 Å². The molecule has 0 heterocycles. The van der Waals surface area contributed by atoms with E-state index in [0.29, 0.717) is 4.90 Å². The van der Waals surface area contributed by atoms with Gasteiger partial charge in [0, 0.05) is 0 Å². The largest absolute Gasteiger partial charge is 0.488 e. The van der Waals surface area contributed by atoms with Crippen LogP contribution in [0.25, 0.3) is 0 Å². The molecule has 0 spiro atoms. The molecule has 62 valence electrons. The molecule has 0 atom stereocenters. The second-order valence-electron chi connectivity index (χ2n) is 2.32. The van der Waals surface area contributed by atoms with Crippen molar-refractivity contribution in [3.63, 3.8) is 0 Å². The minimum absolute atomic E-state index is 0.289. The Kier molecular flexibility index (Phi) is 4.02. The highest BCUT2D eigenvalue weighted by molar-refractivity contribution is 9.23. The van der Waals surface area contributed by atoms with Gasteiger partial charge in [-0.2, -0.15) is 0 Å². The fourth-order valence-corrected chi connectivity index (χ4v) is 7.01. The first kappa shape index (κ1) is 10.5. The molecule has 0 unspecified atom stereocenters. The highest BCUT2D eigenvalue weighted by atomic mass is 79.9. The van der Waals surface area contributed by atoms with Crippen LogP contribution in [0.2, 0.25) is 0 Å². The molecule has 1 aromatic rings. The summed E-state index contributed by atoms with van der Waals surface area (Å²) < 4.78 is 23.2. The highest BCUT2D eigenvalue weighted by Crippen LogP contribution is 2.09. The van der Waals surface area contributed by atoms with Crippen LogP contribution in [0.3, 0.4) is 0 Å². The van der Waals surface area contributed by atoms with Crippen LogP contribution in [0.15, 0.2) is 35.2 Å². The smallest absolute Gasteiger partial charge is 0.305 e. The van der Waals surface area contributed by atoms with Gasteiger partial charge in [0.1, 0.15) is 0 Å². The van der Waals surface area contributed by atoms with Crippen LogP contribution < -0.4 is 0 Å². The lowest BCUT2D eigenvalue weighted by Crippen LogP contribution is -2.09. The van der Waals surface area contributed by atoms with Crippen molar-refractivity contribution < 1.29 is 8.42 Å². The van der Waals surface area contributed by atoms with Gasteiger partial charge in [-0.25, -0.2) is 8.42 Å². The summed E-state index contributed by atoms with van der Waals surface area (Å²) in [5.74, 6) is 0. The number of rotatable bonds is 3. The van der Waals surface area contributed by atoms with E-state index < -0.39 is 28.0 Å². The molecular formula is C7H7BrMgO2S. The average molecular weight is 259 g/mol. The third-order valence-corrected chi connectivity index (χ3v) is 8.12.